The van der Waals surface area contributed by atoms with Gasteiger partial charge < -0.3 is 0 Å². The molecule has 4 aromatic rings. The molecule has 2 aliphatic carbocycles. The summed E-state index contributed by atoms with van der Waals surface area (Å²) in [7, 11) is 4.62. The highest BCUT2D eigenvalue weighted by Gasteiger charge is 2.37. The van der Waals surface area contributed by atoms with Gasteiger partial charge in [0.15, 0.2) is 0 Å². The van der Waals surface area contributed by atoms with E-state index in [1.54, 1.807) is 0 Å². The largest absolute Gasteiger partial charge is 0.296 e. The van der Waals surface area contributed by atoms with Crippen LogP contribution in [0.2, 0.25) is 0 Å². The number of hydrogen-bond donors (Lipinski definition) is 0. The van der Waals surface area contributed by atoms with E-state index < -0.39 is 0 Å². The van der Waals surface area contributed by atoms with Gasteiger partial charge in [-0.2, -0.15) is 0 Å². The lowest BCUT2D eigenvalue weighted by Crippen LogP contribution is -2.44. The maximum absolute atomic E-state index is 2.61. The Kier molecular flexibility index (Phi) is 15.0. The molecule has 0 saturated heterocycles. The number of rotatable bonds is 16. The first-order chi connectivity index (χ1) is 23.5. The van der Waals surface area contributed by atoms with Crippen LogP contribution in [0, 0.1) is 11.8 Å². The zero-order chi connectivity index (χ0) is 33.7. The average Bonchev–Trinajstić information content (AvgIpc) is 4.09. The minimum Gasteiger partial charge on any atom is -0.296 e. The minimum absolute atomic E-state index is 0. The zero-order valence-corrected chi connectivity index (χ0v) is 31.2. The zero-order valence-electron chi connectivity index (χ0n) is 30.4. The number of halogens is 1. The third-order valence-electron chi connectivity index (χ3n) is 10.8. The summed E-state index contributed by atoms with van der Waals surface area (Å²) in [6.07, 6.45) is 19.2. The highest BCUT2D eigenvalue weighted by atomic mass is 35.5. The van der Waals surface area contributed by atoms with Gasteiger partial charge >= 0.3 is 0 Å². The molecule has 2 atom stereocenters. The van der Waals surface area contributed by atoms with Gasteiger partial charge in [-0.05, 0) is 99.6 Å². The Morgan fingerprint density at radius 2 is 0.816 bits per heavy atom. The lowest BCUT2D eigenvalue weighted by molar-refractivity contribution is 0.108. The van der Waals surface area contributed by atoms with Crippen LogP contribution >= 0.6 is 12.4 Å². The standard InChI is InChI=1S/2C23H29N.ClH/c2*1-3-23(22-14-8-5-9-15-22,24(2)19-21-16-17-21)18-10-13-20-11-6-4-7-12-20;/h2*4-15,21H,3,16-19H2,1-2H3;1H/b2*13-10+;. The molecule has 3 heteroatoms. The van der Waals surface area contributed by atoms with Crippen LogP contribution in [-0.4, -0.2) is 37.0 Å². The Bertz CT molecular complexity index is 1410. The normalized spacial score (nSPS) is 16.9. The molecule has 0 bridgehead atoms. The molecule has 49 heavy (non-hydrogen) atoms. The Hall–Kier alpha value is -3.43. The van der Waals surface area contributed by atoms with Crippen molar-refractivity contribution in [3.63, 3.8) is 0 Å². The van der Waals surface area contributed by atoms with Gasteiger partial charge in [-0.25, -0.2) is 0 Å². The Morgan fingerprint density at radius 3 is 1.10 bits per heavy atom. The topological polar surface area (TPSA) is 6.48 Å². The number of hydrogen-bond acceptors (Lipinski definition) is 2. The van der Waals surface area contributed by atoms with Crippen LogP contribution in [0.3, 0.4) is 0 Å². The Labute approximate surface area is 304 Å². The second-order valence-corrected chi connectivity index (χ2v) is 14.2. The molecule has 2 aliphatic rings. The van der Waals surface area contributed by atoms with E-state index in [4.69, 9.17) is 0 Å². The van der Waals surface area contributed by atoms with Crippen LogP contribution in [0.4, 0.5) is 0 Å². The summed E-state index contributed by atoms with van der Waals surface area (Å²) >= 11 is 0. The Balaban J connectivity index is 0.000000216. The summed E-state index contributed by atoms with van der Waals surface area (Å²) in [5, 5.41) is 0. The van der Waals surface area contributed by atoms with Gasteiger partial charge in [0, 0.05) is 24.2 Å². The highest BCUT2D eigenvalue weighted by molar-refractivity contribution is 5.85. The maximum Gasteiger partial charge on any atom is 0.0489 e. The smallest absolute Gasteiger partial charge is 0.0489 e. The van der Waals surface area contributed by atoms with Gasteiger partial charge in [-0.15, -0.1) is 12.4 Å². The highest BCUT2D eigenvalue weighted by Crippen LogP contribution is 2.40. The van der Waals surface area contributed by atoms with Crippen LogP contribution in [0.1, 0.15) is 87.5 Å². The third kappa shape index (κ3) is 10.8. The first-order valence-electron chi connectivity index (χ1n) is 18.5. The molecule has 260 valence electrons. The summed E-state index contributed by atoms with van der Waals surface area (Å²) in [6.45, 7) is 7.07. The van der Waals surface area contributed by atoms with Gasteiger partial charge in [0.2, 0.25) is 0 Å². The van der Waals surface area contributed by atoms with Crippen molar-refractivity contribution in [2.45, 2.75) is 76.3 Å². The maximum atomic E-state index is 2.61. The first-order valence-corrected chi connectivity index (χ1v) is 18.5. The first kappa shape index (κ1) is 38.4. The molecule has 0 aliphatic heterocycles. The van der Waals surface area contributed by atoms with Crippen molar-refractivity contribution in [2.75, 3.05) is 27.2 Å². The van der Waals surface area contributed by atoms with E-state index in [2.05, 4.69) is 183 Å². The fourth-order valence-electron chi connectivity index (χ4n) is 7.35. The van der Waals surface area contributed by atoms with Crippen molar-refractivity contribution in [1.29, 1.82) is 0 Å². The number of nitrogens with zero attached hydrogens (tertiary/aromatic N) is 2. The summed E-state index contributed by atoms with van der Waals surface area (Å²) < 4.78 is 0. The second kappa shape index (κ2) is 19.1. The molecular weight excluding hydrogens is 616 g/mol. The summed E-state index contributed by atoms with van der Waals surface area (Å²) in [6, 6.07) is 43.3. The molecule has 0 heterocycles. The quantitative estimate of drug-likeness (QED) is 0.117. The summed E-state index contributed by atoms with van der Waals surface area (Å²) in [4.78, 5) is 5.21. The van der Waals surface area contributed by atoms with E-state index in [1.807, 2.05) is 0 Å². The van der Waals surface area contributed by atoms with Crippen molar-refractivity contribution in [1.82, 2.24) is 9.80 Å². The minimum atomic E-state index is 0. The average molecular weight is 675 g/mol. The molecule has 2 nitrogen and oxygen atoms in total. The molecule has 2 fully saturated rings. The van der Waals surface area contributed by atoms with Gasteiger partial charge in [0.05, 0.1) is 0 Å². The summed E-state index contributed by atoms with van der Waals surface area (Å²) in [5.74, 6) is 1.81. The fourth-order valence-corrected chi connectivity index (χ4v) is 7.35. The summed E-state index contributed by atoms with van der Waals surface area (Å²) in [5.41, 5.74) is 5.62. The van der Waals surface area contributed by atoms with Gasteiger partial charge in [0.1, 0.15) is 0 Å². The van der Waals surface area contributed by atoms with Crippen LogP contribution in [0.5, 0.6) is 0 Å². The predicted molar refractivity (Wildman–Crippen MR) is 215 cm³/mol. The molecule has 0 aromatic heterocycles. The van der Waals surface area contributed by atoms with Crippen molar-refractivity contribution in [3.8, 4) is 0 Å². The lowest BCUT2D eigenvalue weighted by atomic mass is 9.82. The van der Waals surface area contributed by atoms with Gasteiger partial charge in [-0.1, -0.05) is 159 Å². The van der Waals surface area contributed by atoms with Gasteiger partial charge in [-0.3, -0.25) is 9.80 Å². The molecule has 0 radical (unpaired) electrons. The molecule has 4 aromatic carbocycles. The Morgan fingerprint density at radius 1 is 0.510 bits per heavy atom. The molecule has 2 unspecified atom stereocenters. The van der Waals surface area contributed by atoms with E-state index in [9.17, 15) is 0 Å². The van der Waals surface area contributed by atoms with Crippen molar-refractivity contribution < 1.29 is 0 Å². The number of benzene rings is 4. The molecule has 2 saturated carbocycles. The SMILES string of the molecule is CCC(C/C=C/c1ccccc1)(c1ccccc1)N(C)CC1CC1.CCC(C/C=C/c1ccccc1)(c1ccccc1)N(C)CC1CC1.Cl. The van der Waals surface area contributed by atoms with Crippen LogP contribution in [0.25, 0.3) is 12.2 Å². The van der Waals surface area contributed by atoms with Crippen LogP contribution in [0.15, 0.2) is 133 Å². The predicted octanol–water partition coefficient (Wildman–Crippen LogP) is 11.9. The van der Waals surface area contributed by atoms with Crippen LogP contribution in [-0.2, 0) is 11.1 Å². The van der Waals surface area contributed by atoms with E-state index in [-0.39, 0.29) is 23.5 Å². The van der Waals surface area contributed by atoms with Crippen molar-refractivity contribution in [3.05, 3.63) is 156 Å². The van der Waals surface area contributed by atoms with E-state index >= 15 is 0 Å². The van der Waals surface area contributed by atoms with E-state index in [1.165, 1.54) is 61.0 Å². The van der Waals surface area contributed by atoms with E-state index in [0.717, 1.165) is 37.5 Å². The van der Waals surface area contributed by atoms with Crippen molar-refractivity contribution >= 4 is 24.6 Å². The monoisotopic (exact) mass is 674 g/mol. The van der Waals surface area contributed by atoms with Crippen molar-refractivity contribution in [2.24, 2.45) is 11.8 Å². The molecule has 0 spiro atoms. The molecular formula is C46H59ClN2. The molecule has 0 N–H and O–H groups in total. The fraction of sp³-hybridized carbons (Fsp3) is 0.391. The third-order valence-corrected chi connectivity index (χ3v) is 10.8. The molecule has 6 rings (SSSR count). The van der Waals surface area contributed by atoms with Gasteiger partial charge in [0.25, 0.3) is 0 Å². The van der Waals surface area contributed by atoms with E-state index in [0.29, 0.717) is 0 Å². The second-order valence-electron chi connectivity index (χ2n) is 14.2. The molecule has 0 amide bonds. The van der Waals surface area contributed by atoms with Crippen LogP contribution < -0.4 is 0 Å². The lowest BCUT2D eigenvalue weighted by Gasteiger charge is -2.42.